The zero-order valence-electron chi connectivity index (χ0n) is 10.9. The number of aryl methyl sites for hydroxylation is 1. The van der Waals surface area contributed by atoms with Crippen LogP contribution in [0.25, 0.3) is 0 Å². The zero-order valence-corrected chi connectivity index (χ0v) is 14.1. The molecule has 0 aliphatic rings. The lowest BCUT2D eigenvalue weighted by Gasteiger charge is -2.11. The summed E-state index contributed by atoms with van der Waals surface area (Å²) in [7, 11) is 0. The molecule has 2 aromatic rings. The summed E-state index contributed by atoms with van der Waals surface area (Å²) in [5.41, 5.74) is 8.34. The fourth-order valence-corrected chi connectivity index (χ4v) is 2.93. The summed E-state index contributed by atoms with van der Waals surface area (Å²) in [6, 6.07) is 11.5. The number of amidine groups is 1. The molecule has 0 unspecified atom stereocenters. The van der Waals surface area contributed by atoms with E-state index in [1.165, 1.54) is 0 Å². The first-order chi connectivity index (χ1) is 9.47. The molecule has 5 heteroatoms. The third-order valence-corrected chi connectivity index (χ3v) is 4.04. The van der Waals surface area contributed by atoms with Gasteiger partial charge in [-0.15, -0.1) is 0 Å². The molecule has 0 atom stereocenters. The Morgan fingerprint density at radius 3 is 2.55 bits per heavy atom. The lowest BCUT2D eigenvalue weighted by molar-refractivity contribution is 0.303. The van der Waals surface area contributed by atoms with Crippen LogP contribution in [0, 0.1) is 12.3 Å². The van der Waals surface area contributed by atoms with Crippen LogP contribution in [0.15, 0.2) is 45.3 Å². The van der Waals surface area contributed by atoms with Crippen LogP contribution in [0.4, 0.5) is 0 Å². The molecule has 0 aromatic heterocycles. The molecule has 3 N–H and O–H groups in total. The minimum Gasteiger partial charge on any atom is -0.488 e. The van der Waals surface area contributed by atoms with E-state index < -0.39 is 0 Å². The van der Waals surface area contributed by atoms with E-state index in [-0.39, 0.29) is 5.84 Å². The van der Waals surface area contributed by atoms with Crippen LogP contribution in [-0.2, 0) is 6.61 Å². The fraction of sp³-hybridized carbons (Fsp3) is 0.133. The molecular weight excluding hydrogens is 384 g/mol. The maximum absolute atomic E-state index is 7.42. The first-order valence-electron chi connectivity index (χ1n) is 5.99. The first-order valence-corrected chi connectivity index (χ1v) is 7.58. The molecule has 0 saturated carbocycles. The molecule has 20 heavy (non-hydrogen) atoms. The smallest absolute Gasteiger partial charge is 0.134 e. The molecule has 0 heterocycles. The Morgan fingerprint density at radius 1 is 1.20 bits per heavy atom. The number of benzene rings is 2. The minimum absolute atomic E-state index is 0.0798. The predicted octanol–water partition coefficient (Wildman–Crippen LogP) is 4.38. The number of halogens is 2. The number of nitrogens with two attached hydrogens (primary N) is 1. The third-order valence-electron chi connectivity index (χ3n) is 2.93. The van der Waals surface area contributed by atoms with Gasteiger partial charge < -0.3 is 10.5 Å². The zero-order chi connectivity index (χ0) is 14.7. The number of rotatable bonds is 4. The van der Waals surface area contributed by atoms with Crippen LogP contribution in [0.2, 0.25) is 0 Å². The molecule has 0 saturated heterocycles. The van der Waals surface area contributed by atoms with Gasteiger partial charge in [0.05, 0.1) is 4.47 Å². The molecule has 104 valence electrons. The average molecular weight is 398 g/mol. The summed E-state index contributed by atoms with van der Waals surface area (Å²) >= 11 is 6.88. The Morgan fingerprint density at radius 2 is 1.95 bits per heavy atom. The van der Waals surface area contributed by atoms with Crippen molar-refractivity contribution >= 4 is 37.7 Å². The maximum atomic E-state index is 7.42. The molecular formula is C15H14Br2N2O. The van der Waals surface area contributed by atoms with Crippen molar-refractivity contribution in [2.45, 2.75) is 13.5 Å². The van der Waals surface area contributed by atoms with Crippen molar-refractivity contribution in [2.75, 3.05) is 0 Å². The molecule has 3 nitrogen and oxygen atoms in total. The van der Waals surface area contributed by atoms with Crippen LogP contribution >= 0.6 is 31.9 Å². The van der Waals surface area contributed by atoms with E-state index in [4.69, 9.17) is 15.9 Å². The summed E-state index contributed by atoms with van der Waals surface area (Å²) in [5, 5.41) is 7.42. The van der Waals surface area contributed by atoms with Gasteiger partial charge in [0.1, 0.15) is 18.2 Å². The van der Waals surface area contributed by atoms with Crippen molar-refractivity contribution in [1.29, 1.82) is 5.41 Å². The van der Waals surface area contributed by atoms with Crippen molar-refractivity contribution in [3.8, 4) is 5.75 Å². The van der Waals surface area contributed by atoms with Crippen molar-refractivity contribution in [2.24, 2.45) is 5.73 Å². The quantitative estimate of drug-likeness (QED) is 0.593. The standard InChI is InChI=1S/C15H14Br2N2O/c1-9-6-10(15(18)19)2-3-11(9)8-20-14-5-4-12(16)7-13(14)17/h2-7H,8H2,1H3,(H3,18,19). The third kappa shape index (κ3) is 3.61. The fourth-order valence-electron chi connectivity index (χ4n) is 1.77. The maximum Gasteiger partial charge on any atom is 0.134 e. The topological polar surface area (TPSA) is 59.1 Å². The second-order valence-corrected chi connectivity index (χ2v) is 6.19. The highest BCUT2D eigenvalue weighted by atomic mass is 79.9. The highest BCUT2D eigenvalue weighted by Gasteiger charge is 2.05. The van der Waals surface area contributed by atoms with Crippen molar-refractivity contribution in [3.63, 3.8) is 0 Å². The molecule has 0 amide bonds. The first kappa shape index (κ1) is 15.1. The lowest BCUT2D eigenvalue weighted by Crippen LogP contribution is -2.11. The van der Waals surface area contributed by atoms with E-state index in [0.717, 1.165) is 31.4 Å². The molecule has 0 bridgehead atoms. The van der Waals surface area contributed by atoms with Crippen LogP contribution in [-0.4, -0.2) is 5.84 Å². The lowest BCUT2D eigenvalue weighted by atomic mass is 10.1. The van der Waals surface area contributed by atoms with Gasteiger partial charge >= 0.3 is 0 Å². The molecule has 2 rings (SSSR count). The van der Waals surface area contributed by atoms with Gasteiger partial charge in [0.2, 0.25) is 0 Å². The van der Waals surface area contributed by atoms with Crippen molar-refractivity contribution < 1.29 is 4.74 Å². The molecule has 0 aliphatic heterocycles. The van der Waals surface area contributed by atoms with Gasteiger partial charge in [-0.2, -0.15) is 0 Å². The van der Waals surface area contributed by atoms with E-state index in [1.807, 2.05) is 43.3 Å². The Bertz CT molecular complexity index is 656. The average Bonchev–Trinajstić information content (AvgIpc) is 2.38. The molecule has 0 fully saturated rings. The number of nitrogen functional groups attached to an aromatic ring is 1. The van der Waals surface area contributed by atoms with Gasteiger partial charge in [-0.1, -0.05) is 28.1 Å². The summed E-state index contributed by atoms with van der Waals surface area (Å²) in [6.07, 6.45) is 0. The second-order valence-electron chi connectivity index (χ2n) is 4.42. The van der Waals surface area contributed by atoms with Gasteiger partial charge in [-0.3, -0.25) is 5.41 Å². The number of ether oxygens (including phenoxy) is 1. The van der Waals surface area contributed by atoms with E-state index in [0.29, 0.717) is 6.61 Å². The highest BCUT2D eigenvalue weighted by Crippen LogP contribution is 2.29. The van der Waals surface area contributed by atoms with E-state index in [9.17, 15) is 0 Å². The summed E-state index contributed by atoms with van der Waals surface area (Å²) in [5.74, 6) is 0.875. The Labute approximate surface area is 134 Å². The van der Waals surface area contributed by atoms with Crippen LogP contribution in [0.3, 0.4) is 0 Å². The van der Waals surface area contributed by atoms with Gasteiger partial charge in [0.15, 0.2) is 0 Å². The van der Waals surface area contributed by atoms with E-state index in [2.05, 4.69) is 31.9 Å². The Balaban J connectivity index is 2.13. The Kier molecular flexibility index (Phi) is 4.83. The van der Waals surface area contributed by atoms with Crippen LogP contribution in [0.1, 0.15) is 16.7 Å². The molecule has 2 aromatic carbocycles. The minimum atomic E-state index is 0.0798. The van der Waals surface area contributed by atoms with Crippen LogP contribution in [0.5, 0.6) is 5.75 Å². The second kappa shape index (κ2) is 6.41. The van der Waals surface area contributed by atoms with E-state index >= 15 is 0 Å². The molecule has 0 radical (unpaired) electrons. The molecule has 0 spiro atoms. The normalized spacial score (nSPS) is 10.3. The van der Waals surface area contributed by atoms with Gasteiger partial charge in [0.25, 0.3) is 0 Å². The van der Waals surface area contributed by atoms with Crippen molar-refractivity contribution in [3.05, 3.63) is 62.0 Å². The highest BCUT2D eigenvalue weighted by molar-refractivity contribution is 9.11. The van der Waals surface area contributed by atoms with Crippen LogP contribution < -0.4 is 10.5 Å². The summed E-state index contributed by atoms with van der Waals surface area (Å²) < 4.78 is 7.71. The van der Waals surface area contributed by atoms with Crippen molar-refractivity contribution in [1.82, 2.24) is 0 Å². The van der Waals surface area contributed by atoms with Gasteiger partial charge in [-0.05, 0) is 58.2 Å². The largest absolute Gasteiger partial charge is 0.488 e. The van der Waals surface area contributed by atoms with Gasteiger partial charge in [-0.25, -0.2) is 0 Å². The SMILES string of the molecule is Cc1cc(C(=N)N)ccc1COc1ccc(Br)cc1Br. The van der Waals surface area contributed by atoms with E-state index in [1.54, 1.807) is 0 Å². The number of nitrogens with one attached hydrogen (secondary N) is 1. The monoisotopic (exact) mass is 396 g/mol. The molecule has 0 aliphatic carbocycles. The Hall–Kier alpha value is -1.33. The number of hydrogen-bond donors (Lipinski definition) is 2. The predicted molar refractivity (Wildman–Crippen MR) is 88.4 cm³/mol. The summed E-state index contributed by atoms with van der Waals surface area (Å²) in [6.45, 7) is 2.46. The van der Waals surface area contributed by atoms with Gasteiger partial charge in [0, 0.05) is 10.0 Å². The number of hydrogen-bond acceptors (Lipinski definition) is 2. The summed E-state index contributed by atoms with van der Waals surface area (Å²) in [4.78, 5) is 0.